The van der Waals surface area contributed by atoms with Crippen molar-refractivity contribution in [2.75, 3.05) is 0 Å². The van der Waals surface area contributed by atoms with Crippen molar-refractivity contribution in [3.8, 4) is 0 Å². The second-order valence-corrected chi connectivity index (χ2v) is 7.33. The van der Waals surface area contributed by atoms with E-state index >= 15 is 0 Å². The van der Waals surface area contributed by atoms with Crippen LogP contribution in [0, 0.1) is 65.2 Å². The zero-order valence-electron chi connectivity index (χ0n) is 18.9. The third-order valence-electron chi connectivity index (χ3n) is 6.23. The Bertz CT molecular complexity index is 338. The number of hydrogen-bond donors (Lipinski definition) is 0. The van der Waals surface area contributed by atoms with Crippen molar-refractivity contribution in [1.29, 1.82) is 0 Å². The molecule has 2 fully saturated rings. The van der Waals surface area contributed by atoms with Crippen LogP contribution in [0.25, 0.3) is 0 Å². The fraction of sp³-hybridized carbons (Fsp3) is 0.385. The summed E-state index contributed by atoms with van der Waals surface area (Å²) >= 11 is 0. The maximum absolute atomic E-state index is 2.89. The fourth-order valence-corrected chi connectivity index (χ4v) is 3.15. The van der Waals surface area contributed by atoms with E-state index in [-0.39, 0.29) is 21.7 Å². The third-order valence-corrected chi connectivity index (χ3v) is 6.23. The van der Waals surface area contributed by atoms with E-state index in [1.54, 1.807) is 0 Å². The van der Waals surface area contributed by atoms with Crippen LogP contribution in [0.5, 0.6) is 0 Å². The van der Waals surface area contributed by atoms with E-state index < -0.39 is 0 Å². The molecule has 0 atom stereocenters. The van der Waals surface area contributed by atoms with Crippen molar-refractivity contribution >= 4 is 0 Å². The Balaban J connectivity index is 0.000000380. The molecule has 1 heteroatoms. The minimum atomic E-state index is 0. The van der Waals surface area contributed by atoms with Gasteiger partial charge in [-0.05, 0) is 59.2 Å². The minimum absolute atomic E-state index is 0. The fourth-order valence-electron chi connectivity index (χ4n) is 3.15. The van der Waals surface area contributed by atoms with Gasteiger partial charge in [0.2, 0.25) is 0 Å². The summed E-state index contributed by atoms with van der Waals surface area (Å²) in [5, 5.41) is 0. The van der Waals surface area contributed by atoms with Crippen LogP contribution in [0.1, 0.15) is 69.2 Å². The molecule has 0 aromatic heterocycles. The molecule has 10 radical (unpaired) electrons. The van der Waals surface area contributed by atoms with Gasteiger partial charge < -0.3 is 0 Å². The van der Waals surface area contributed by atoms with Crippen LogP contribution < -0.4 is 0 Å². The number of benzene rings is 1. The first-order chi connectivity index (χ1) is 12.1. The quantitative estimate of drug-likeness (QED) is 0.316. The van der Waals surface area contributed by atoms with E-state index in [2.05, 4.69) is 75.3 Å². The Labute approximate surface area is 186 Å². The Morgan fingerprint density at radius 2 is 0.556 bits per heavy atom. The molecule has 0 unspecified atom stereocenters. The summed E-state index contributed by atoms with van der Waals surface area (Å²) in [6, 6.07) is 12.5. The molecule has 0 spiro atoms. The van der Waals surface area contributed by atoms with E-state index in [9.17, 15) is 0 Å². The molecular weight excluding hydrogens is 360 g/mol. The second kappa shape index (κ2) is 12.5. The zero-order valence-corrected chi connectivity index (χ0v) is 20.4. The van der Waals surface area contributed by atoms with Gasteiger partial charge in [0.25, 0.3) is 0 Å². The standard InChI is InChI=1S/2C10H15.C6H5.Ti/c2*1-6-7(2)9(4)10(5)8(6)3;1-2-4-6-5-3-1;/h2*1-5H3;1-5H;/q;;-1;. The second-order valence-electron chi connectivity index (χ2n) is 7.33. The van der Waals surface area contributed by atoms with Gasteiger partial charge >= 0.3 is 0 Å². The topological polar surface area (TPSA) is 0 Å². The van der Waals surface area contributed by atoms with Crippen molar-refractivity contribution in [1.82, 2.24) is 0 Å². The number of rotatable bonds is 0. The Hall–Kier alpha value is -0.0657. The van der Waals surface area contributed by atoms with Gasteiger partial charge in [-0.1, -0.05) is 69.2 Å². The molecular formula is C26H35Ti-. The maximum atomic E-state index is 2.89. The van der Waals surface area contributed by atoms with Crippen LogP contribution >= 0.6 is 0 Å². The van der Waals surface area contributed by atoms with E-state index in [1.807, 2.05) is 30.3 Å². The molecule has 0 aliphatic heterocycles. The van der Waals surface area contributed by atoms with Crippen LogP contribution in [-0.2, 0) is 21.7 Å². The van der Waals surface area contributed by atoms with E-state index in [1.165, 1.54) is 59.2 Å². The molecule has 1 aromatic rings. The average Bonchev–Trinajstić information content (AvgIpc) is 2.94. The van der Waals surface area contributed by atoms with Gasteiger partial charge in [-0.15, -0.1) is 0 Å². The number of hydrogen-bond acceptors (Lipinski definition) is 0. The Morgan fingerprint density at radius 3 is 0.630 bits per heavy atom. The van der Waals surface area contributed by atoms with E-state index in [0.29, 0.717) is 0 Å². The van der Waals surface area contributed by atoms with Gasteiger partial charge in [-0.25, -0.2) is 0 Å². The van der Waals surface area contributed by atoms with Gasteiger partial charge in [0, 0.05) is 21.7 Å². The molecule has 144 valence electrons. The molecule has 0 bridgehead atoms. The molecule has 27 heavy (non-hydrogen) atoms. The SMILES string of the molecule is C[C]1[C](C)[C](C)[C](C)[C]1C.C[C]1[C](C)[C](C)[C](C)[C]1C.[Ti].[c-]1ccccc1. The van der Waals surface area contributed by atoms with Crippen molar-refractivity contribution < 1.29 is 21.7 Å². The predicted octanol–water partition coefficient (Wildman–Crippen LogP) is 7.43. The van der Waals surface area contributed by atoms with Crippen molar-refractivity contribution in [3.05, 3.63) is 95.6 Å². The molecule has 0 heterocycles. The summed E-state index contributed by atoms with van der Waals surface area (Å²) in [5.41, 5.74) is 0. The van der Waals surface area contributed by atoms with E-state index in [4.69, 9.17) is 0 Å². The van der Waals surface area contributed by atoms with Crippen molar-refractivity contribution in [2.24, 2.45) is 0 Å². The summed E-state index contributed by atoms with van der Waals surface area (Å²) in [6.45, 7) is 22.0. The van der Waals surface area contributed by atoms with Crippen LogP contribution in [0.15, 0.2) is 30.3 Å². The zero-order chi connectivity index (χ0) is 20.0. The Kier molecular flexibility index (Phi) is 12.5. The smallest absolute Gasteiger partial charge is 0 e. The first-order valence-electron chi connectivity index (χ1n) is 9.41. The van der Waals surface area contributed by atoms with Gasteiger partial charge in [0.1, 0.15) is 0 Å². The maximum Gasteiger partial charge on any atom is 0 e. The summed E-state index contributed by atoms with van der Waals surface area (Å²) in [4.78, 5) is 0. The normalized spacial score (nSPS) is 22.9. The first kappa shape index (κ1) is 26.9. The first-order valence-corrected chi connectivity index (χ1v) is 9.41. The van der Waals surface area contributed by atoms with Gasteiger partial charge in [0.05, 0.1) is 0 Å². The molecule has 0 amide bonds. The molecule has 2 saturated carbocycles. The molecule has 0 nitrogen and oxygen atoms in total. The van der Waals surface area contributed by atoms with Crippen LogP contribution in [-0.4, -0.2) is 0 Å². The summed E-state index contributed by atoms with van der Waals surface area (Å²) < 4.78 is 0. The Morgan fingerprint density at radius 1 is 0.370 bits per heavy atom. The summed E-state index contributed by atoms with van der Waals surface area (Å²) in [7, 11) is 0. The summed E-state index contributed by atoms with van der Waals surface area (Å²) in [6.07, 6.45) is 0. The van der Waals surface area contributed by atoms with Gasteiger partial charge in [-0.2, -0.15) is 36.4 Å². The third kappa shape index (κ3) is 7.04. The minimum Gasteiger partial charge on any atom is -0.184 e. The average molecular weight is 395 g/mol. The van der Waals surface area contributed by atoms with E-state index in [0.717, 1.165) is 0 Å². The molecule has 2 aliphatic rings. The molecule has 0 N–H and O–H groups in total. The summed E-state index contributed by atoms with van der Waals surface area (Å²) in [5.74, 6) is 14.7. The molecule has 2 aliphatic carbocycles. The van der Waals surface area contributed by atoms with Crippen molar-refractivity contribution in [2.45, 2.75) is 69.2 Å². The van der Waals surface area contributed by atoms with Gasteiger partial charge in [0.15, 0.2) is 0 Å². The largest absolute Gasteiger partial charge is 0.184 e. The molecule has 3 rings (SSSR count). The van der Waals surface area contributed by atoms with Crippen LogP contribution in [0.4, 0.5) is 0 Å². The van der Waals surface area contributed by atoms with Gasteiger partial charge in [-0.3, -0.25) is 0 Å². The molecule has 1 aromatic carbocycles. The monoisotopic (exact) mass is 395 g/mol. The van der Waals surface area contributed by atoms with Crippen molar-refractivity contribution in [3.63, 3.8) is 0 Å². The molecule has 0 saturated heterocycles. The predicted molar refractivity (Wildman–Crippen MR) is 114 cm³/mol. The van der Waals surface area contributed by atoms with Crippen LogP contribution in [0.3, 0.4) is 0 Å². The van der Waals surface area contributed by atoms with Crippen LogP contribution in [0.2, 0.25) is 0 Å².